The molecule has 0 bridgehead atoms. The molecule has 0 radical (unpaired) electrons. The summed E-state index contributed by atoms with van der Waals surface area (Å²) in [7, 11) is 1.39. The van der Waals surface area contributed by atoms with Crippen molar-refractivity contribution in [3.05, 3.63) is 51.6 Å². The first-order valence-corrected chi connectivity index (χ1v) is 11.2. The zero-order valence-electron chi connectivity index (χ0n) is 18.5. The number of fused-ring (bicyclic) bond motifs is 3. The summed E-state index contributed by atoms with van der Waals surface area (Å²) in [5, 5.41) is 32.9. The number of carbonyl (C=O) groups is 2. The first-order valence-electron chi connectivity index (χ1n) is 11.2. The van der Waals surface area contributed by atoms with Crippen LogP contribution in [0.3, 0.4) is 0 Å². The maximum Gasteiger partial charge on any atom is 0.202 e. The molecule has 1 fully saturated rings. The molecule has 1 saturated heterocycles. The van der Waals surface area contributed by atoms with Crippen LogP contribution in [0.25, 0.3) is 0 Å². The normalized spacial score (nSPS) is 26.4. The average molecular weight is 454 g/mol. The summed E-state index contributed by atoms with van der Waals surface area (Å²) in [5.74, 6) is -1.81. The summed E-state index contributed by atoms with van der Waals surface area (Å²) < 4.78 is 17.3. The fraction of sp³-hybridized carbons (Fsp3) is 0.440. The van der Waals surface area contributed by atoms with Crippen LogP contribution in [0.15, 0.2) is 18.2 Å². The summed E-state index contributed by atoms with van der Waals surface area (Å²) in [6, 6.07) is 4.63. The molecule has 1 aliphatic heterocycles. The van der Waals surface area contributed by atoms with Crippen molar-refractivity contribution in [2.75, 3.05) is 7.11 Å². The van der Waals surface area contributed by atoms with Gasteiger partial charge in [-0.1, -0.05) is 12.1 Å². The highest BCUT2D eigenvalue weighted by Gasteiger charge is 2.43. The van der Waals surface area contributed by atoms with Crippen LogP contribution in [-0.2, 0) is 15.9 Å². The molecule has 2 aromatic carbocycles. The van der Waals surface area contributed by atoms with Gasteiger partial charge >= 0.3 is 0 Å². The number of ketones is 2. The molecule has 4 unspecified atom stereocenters. The molecule has 0 amide bonds. The third-order valence-electron chi connectivity index (χ3n) is 6.76. The van der Waals surface area contributed by atoms with Gasteiger partial charge in [0.05, 0.1) is 42.1 Å². The Labute approximate surface area is 190 Å². The third-order valence-corrected chi connectivity index (χ3v) is 6.76. The quantitative estimate of drug-likeness (QED) is 0.516. The molecule has 1 heterocycles. The Bertz CT molecular complexity index is 1150. The number of methoxy groups -OCH3 is 1. The van der Waals surface area contributed by atoms with E-state index in [1.54, 1.807) is 12.1 Å². The fourth-order valence-electron chi connectivity index (χ4n) is 5.23. The van der Waals surface area contributed by atoms with E-state index < -0.39 is 41.6 Å². The lowest BCUT2D eigenvalue weighted by Crippen LogP contribution is -2.33. The highest BCUT2D eigenvalue weighted by atomic mass is 16.7. The standard InChI is InChI=1S/C25H26O8/c1-11-5-3-8-17(32-11)33-16-10-12(26)9-14-19(16)25(30)21-20(23(14)28)22(27)13-6-4-7-15(31-2)18(13)24(21)29/h4,6-7,11-12,16-17,26,28,30H,3,5,8-10H2,1-2H3. The fourth-order valence-corrected chi connectivity index (χ4v) is 5.23. The molecule has 3 N–H and O–H groups in total. The highest BCUT2D eigenvalue weighted by molar-refractivity contribution is 6.31. The van der Waals surface area contributed by atoms with Gasteiger partial charge in [-0.15, -0.1) is 0 Å². The number of benzene rings is 2. The lowest BCUT2D eigenvalue weighted by molar-refractivity contribution is -0.218. The minimum atomic E-state index is -0.853. The number of ether oxygens (including phenoxy) is 3. The van der Waals surface area contributed by atoms with E-state index in [9.17, 15) is 24.9 Å². The molecule has 0 saturated carbocycles. The molecule has 0 spiro atoms. The van der Waals surface area contributed by atoms with Gasteiger partial charge in [0, 0.05) is 29.5 Å². The third kappa shape index (κ3) is 3.40. The number of phenolic OH excluding ortho intramolecular Hbond substituents is 2. The van der Waals surface area contributed by atoms with Crippen molar-refractivity contribution in [3.63, 3.8) is 0 Å². The summed E-state index contributed by atoms with van der Waals surface area (Å²) >= 11 is 0. The maximum atomic E-state index is 13.5. The van der Waals surface area contributed by atoms with Gasteiger partial charge in [0.1, 0.15) is 17.2 Å². The number of aliphatic hydroxyl groups is 1. The second kappa shape index (κ2) is 8.13. The monoisotopic (exact) mass is 454 g/mol. The zero-order chi connectivity index (χ0) is 23.4. The van der Waals surface area contributed by atoms with E-state index in [2.05, 4.69) is 0 Å². The van der Waals surface area contributed by atoms with Gasteiger partial charge in [-0.05, 0) is 32.3 Å². The van der Waals surface area contributed by atoms with Crippen LogP contribution in [-0.4, -0.2) is 52.5 Å². The molecule has 174 valence electrons. The van der Waals surface area contributed by atoms with Crippen molar-refractivity contribution >= 4 is 11.6 Å². The van der Waals surface area contributed by atoms with Crippen molar-refractivity contribution < 1.29 is 39.1 Å². The van der Waals surface area contributed by atoms with Crippen molar-refractivity contribution in [1.29, 1.82) is 0 Å². The Morgan fingerprint density at radius 3 is 2.52 bits per heavy atom. The van der Waals surface area contributed by atoms with Crippen LogP contribution in [0, 0.1) is 0 Å². The summed E-state index contributed by atoms with van der Waals surface area (Å²) in [5.41, 5.74) is 0.0490. The van der Waals surface area contributed by atoms with Crippen LogP contribution < -0.4 is 4.74 Å². The van der Waals surface area contributed by atoms with Gasteiger partial charge in [0.15, 0.2) is 12.1 Å². The first-order chi connectivity index (χ1) is 15.8. The lowest BCUT2D eigenvalue weighted by atomic mass is 9.76. The lowest BCUT2D eigenvalue weighted by Gasteiger charge is -2.36. The van der Waals surface area contributed by atoms with Gasteiger partial charge in [0.2, 0.25) is 5.78 Å². The van der Waals surface area contributed by atoms with Crippen molar-refractivity contribution in [3.8, 4) is 17.2 Å². The number of aromatic hydroxyl groups is 2. The van der Waals surface area contributed by atoms with Crippen molar-refractivity contribution in [2.45, 2.75) is 63.6 Å². The van der Waals surface area contributed by atoms with E-state index in [-0.39, 0.29) is 58.1 Å². The SMILES string of the molecule is COc1cccc2c1C(=O)c1c(O)c3c(c(O)c1C2=O)CC(O)CC3OC1CCCC(C)O1. The molecule has 2 aliphatic carbocycles. The predicted molar refractivity (Wildman–Crippen MR) is 116 cm³/mol. The summed E-state index contributed by atoms with van der Waals surface area (Å²) in [4.78, 5) is 26.8. The summed E-state index contributed by atoms with van der Waals surface area (Å²) in [6.45, 7) is 1.95. The second-order valence-electron chi connectivity index (χ2n) is 8.91. The van der Waals surface area contributed by atoms with Gasteiger partial charge in [-0.25, -0.2) is 0 Å². The minimum Gasteiger partial charge on any atom is -0.507 e. The van der Waals surface area contributed by atoms with Gasteiger partial charge < -0.3 is 29.5 Å². The predicted octanol–water partition coefficient (Wildman–Crippen LogP) is 3.16. The van der Waals surface area contributed by atoms with E-state index in [1.165, 1.54) is 13.2 Å². The number of phenols is 2. The van der Waals surface area contributed by atoms with E-state index in [0.717, 1.165) is 12.8 Å². The van der Waals surface area contributed by atoms with E-state index in [4.69, 9.17) is 14.2 Å². The van der Waals surface area contributed by atoms with Crippen LogP contribution in [0.2, 0.25) is 0 Å². The van der Waals surface area contributed by atoms with Gasteiger partial charge in [-0.3, -0.25) is 9.59 Å². The van der Waals surface area contributed by atoms with Crippen LogP contribution >= 0.6 is 0 Å². The number of rotatable bonds is 3. The maximum absolute atomic E-state index is 13.5. The van der Waals surface area contributed by atoms with Crippen molar-refractivity contribution in [1.82, 2.24) is 0 Å². The molecular weight excluding hydrogens is 428 g/mol. The topological polar surface area (TPSA) is 123 Å². The largest absolute Gasteiger partial charge is 0.507 e. The van der Waals surface area contributed by atoms with Crippen LogP contribution in [0.4, 0.5) is 0 Å². The molecule has 5 rings (SSSR count). The first kappa shape index (κ1) is 21.9. The molecule has 33 heavy (non-hydrogen) atoms. The molecule has 8 heteroatoms. The Morgan fingerprint density at radius 1 is 1.03 bits per heavy atom. The van der Waals surface area contributed by atoms with E-state index >= 15 is 0 Å². The minimum absolute atomic E-state index is 0.0189. The molecule has 0 aromatic heterocycles. The van der Waals surface area contributed by atoms with Crippen LogP contribution in [0.5, 0.6) is 17.2 Å². The Balaban J connectivity index is 1.66. The number of hydrogen-bond donors (Lipinski definition) is 3. The zero-order valence-corrected chi connectivity index (χ0v) is 18.5. The molecular formula is C25H26O8. The van der Waals surface area contributed by atoms with E-state index in [1.807, 2.05) is 6.92 Å². The average Bonchev–Trinajstić information content (AvgIpc) is 2.79. The van der Waals surface area contributed by atoms with Gasteiger partial charge in [0.25, 0.3) is 0 Å². The van der Waals surface area contributed by atoms with Crippen molar-refractivity contribution in [2.24, 2.45) is 0 Å². The van der Waals surface area contributed by atoms with Crippen LogP contribution in [0.1, 0.15) is 81.7 Å². The molecule has 2 aromatic rings. The number of carbonyl (C=O) groups excluding carboxylic acids is 2. The Morgan fingerprint density at radius 2 is 1.79 bits per heavy atom. The Kier molecular flexibility index (Phi) is 5.39. The van der Waals surface area contributed by atoms with Gasteiger partial charge in [-0.2, -0.15) is 0 Å². The highest BCUT2D eigenvalue weighted by Crippen LogP contribution is 2.50. The second-order valence-corrected chi connectivity index (χ2v) is 8.91. The molecule has 3 aliphatic rings. The smallest absolute Gasteiger partial charge is 0.202 e. The number of hydrogen-bond acceptors (Lipinski definition) is 8. The Hall–Kier alpha value is -2.94. The number of aliphatic hydroxyl groups excluding tert-OH is 1. The molecule has 8 nitrogen and oxygen atoms in total. The summed E-state index contributed by atoms with van der Waals surface area (Å²) in [6.07, 6.45) is 0.501. The molecule has 4 atom stereocenters. The van der Waals surface area contributed by atoms with E-state index in [0.29, 0.717) is 6.42 Å².